The van der Waals surface area contributed by atoms with Crippen LogP contribution in [0.4, 0.5) is 11.6 Å². The molecule has 0 fully saturated rings. The Morgan fingerprint density at radius 3 is 2.74 bits per heavy atom. The van der Waals surface area contributed by atoms with E-state index in [2.05, 4.69) is 27.5 Å². The average molecular weight is 268 g/mol. The van der Waals surface area contributed by atoms with E-state index < -0.39 is 0 Å². The highest BCUT2D eigenvalue weighted by atomic mass is 16.5. The molecule has 19 heavy (non-hydrogen) atoms. The first-order valence-corrected chi connectivity index (χ1v) is 6.78. The molecule has 0 aliphatic heterocycles. The van der Waals surface area contributed by atoms with Crippen molar-refractivity contribution < 1.29 is 9.84 Å². The van der Waals surface area contributed by atoms with E-state index in [-0.39, 0.29) is 6.61 Å². The van der Waals surface area contributed by atoms with Crippen molar-refractivity contribution in [3.8, 4) is 0 Å². The van der Waals surface area contributed by atoms with Crippen LogP contribution in [-0.2, 0) is 11.2 Å². The van der Waals surface area contributed by atoms with Crippen molar-refractivity contribution in [3.63, 3.8) is 0 Å². The topological polar surface area (TPSA) is 79.3 Å². The van der Waals surface area contributed by atoms with Crippen LogP contribution in [0.3, 0.4) is 0 Å². The number of hydrogen-bond acceptors (Lipinski definition) is 6. The van der Waals surface area contributed by atoms with Gasteiger partial charge in [-0.1, -0.05) is 6.92 Å². The van der Waals surface area contributed by atoms with Gasteiger partial charge in [-0.15, -0.1) is 0 Å². The molecule has 108 valence electrons. The Hall–Kier alpha value is -1.40. The third-order valence-corrected chi connectivity index (χ3v) is 2.51. The zero-order chi connectivity index (χ0) is 13.9. The monoisotopic (exact) mass is 268 g/mol. The summed E-state index contributed by atoms with van der Waals surface area (Å²) in [6.07, 6.45) is 2.79. The molecule has 0 unspecified atom stereocenters. The number of aliphatic hydroxyl groups excluding tert-OH is 1. The summed E-state index contributed by atoms with van der Waals surface area (Å²) in [5, 5.41) is 14.9. The van der Waals surface area contributed by atoms with Gasteiger partial charge in [-0.2, -0.15) is 0 Å². The number of aliphatic hydroxyl groups is 1. The molecule has 6 heteroatoms. The second-order valence-electron chi connectivity index (χ2n) is 4.17. The number of aromatic nitrogens is 2. The molecule has 0 aromatic carbocycles. The van der Waals surface area contributed by atoms with Gasteiger partial charge in [0.15, 0.2) is 0 Å². The maximum Gasteiger partial charge on any atom is 0.133 e. The molecule has 1 rings (SSSR count). The van der Waals surface area contributed by atoms with Crippen molar-refractivity contribution >= 4 is 11.6 Å². The second kappa shape index (κ2) is 9.52. The van der Waals surface area contributed by atoms with E-state index in [9.17, 15) is 0 Å². The molecule has 6 nitrogen and oxygen atoms in total. The minimum absolute atomic E-state index is 0.0746. The number of rotatable bonds is 10. The van der Waals surface area contributed by atoms with Crippen molar-refractivity contribution in [2.24, 2.45) is 0 Å². The van der Waals surface area contributed by atoms with Crippen LogP contribution in [-0.4, -0.2) is 48.5 Å². The normalized spacial score (nSPS) is 10.5. The molecule has 0 bridgehead atoms. The molecule has 0 saturated heterocycles. The number of hydrogen-bond donors (Lipinski definition) is 3. The van der Waals surface area contributed by atoms with Crippen molar-refractivity contribution in [1.29, 1.82) is 0 Å². The third kappa shape index (κ3) is 6.35. The van der Waals surface area contributed by atoms with Gasteiger partial charge in [0, 0.05) is 32.7 Å². The summed E-state index contributed by atoms with van der Waals surface area (Å²) in [5.74, 6) is 2.52. The highest BCUT2D eigenvalue weighted by molar-refractivity contribution is 5.47. The number of nitrogens with zero attached hydrogens (tertiary/aromatic N) is 2. The Balaban J connectivity index is 2.41. The quantitative estimate of drug-likeness (QED) is 0.555. The second-order valence-corrected chi connectivity index (χ2v) is 4.17. The molecule has 1 aromatic rings. The van der Waals surface area contributed by atoms with E-state index in [0.29, 0.717) is 13.2 Å². The number of nitrogens with one attached hydrogen (secondary N) is 2. The van der Waals surface area contributed by atoms with Gasteiger partial charge in [0.1, 0.15) is 17.5 Å². The summed E-state index contributed by atoms with van der Waals surface area (Å²) in [6, 6.07) is 1.90. The first-order chi connectivity index (χ1) is 9.30. The van der Waals surface area contributed by atoms with E-state index in [4.69, 9.17) is 9.84 Å². The Labute approximate surface area is 114 Å². The number of anilines is 2. The van der Waals surface area contributed by atoms with E-state index in [0.717, 1.165) is 43.3 Å². The molecule has 1 heterocycles. The fourth-order valence-corrected chi connectivity index (χ4v) is 1.61. The Bertz CT molecular complexity index is 360. The minimum atomic E-state index is 0.0746. The lowest BCUT2D eigenvalue weighted by Gasteiger charge is -2.09. The molecule has 0 spiro atoms. The molecule has 0 amide bonds. The van der Waals surface area contributed by atoms with Crippen molar-refractivity contribution in [2.75, 3.05) is 44.0 Å². The molecule has 0 atom stereocenters. The standard InChI is InChI=1S/C13H24N4O2/c1-3-5-11-16-12(14-2)10-13(17-11)15-6-4-8-19-9-7-18/h10,18H,3-9H2,1-2H3,(H2,14,15,16,17). The molecule has 0 aliphatic carbocycles. The third-order valence-electron chi connectivity index (χ3n) is 2.51. The van der Waals surface area contributed by atoms with E-state index in [1.54, 1.807) is 0 Å². The zero-order valence-electron chi connectivity index (χ0n) is 11.8. The Morgan fingerprint density at radius 2 is 2.05 bits per heavy atom. The predicted molar refractivity (Wildman–Crippen MR) is 76.6 cm³/mol. The minimum Gasteiger partial charge on any atom is -0.394 e. The van der Waals surface area contributed by atoms with E-state index in [1.807, 2.05) is 13.1 Å². The van der Waals surface area contributed by atoms with Gasteiger partial charge in [0.25, 0.3) is 0 Å². The van der Waals surface area contributed by atoms with Crippen LogP contribution >= 0.6 is 0 Å². The smallest absolute Gasteiger partial charge is 0.133 e. The van der Waals surface area contributed by atoms with Gasteiger partial charge in [-0.25, -0.2) is 9.97 Å². The summed E-state index contributed by atoms with van der Waals surface area (Å²) in [4.78, 5) is 8.86. The Kier molecular flexibility index (Phi) is 7.84. The van der Waals surface area contributed by atoms with Crippen molar-refractivity contribution in [3.05, 3.63) is 11.9 Å². The summed E-state index contributed by atoms with van der Waals surface area (Å²) < 4.78 is 5.19. The van der Waals surface area contributed by atoms with Crippen LogP contribution in [0.2, 0.25) is 0 Å². The first kappa shape index (κ1) is 15.7. The van der Waals surface area contributed by atoms with Gasteiger partial charge < -0.3 is 20.5 Å². The number of ether oxygens (including phenoxy) is 1. The lowest BCUT2D eigenvalue weighted by atomic mass is 10.3. The summed E-state index contributed by atoms with van der Waals surface area (Å²) in [6.45, 7) is 4.01. The number of aryl methyl sites for hydroxylation is 1. The molecule has 0 saturated carbocycles. The van der Waals surface area contributed by atoms with Crippen LogP contribution in [0.1, 0.15) is 25.6 Å². The molecule has 3 N–H and O–H groups in total. The maximum absolute atomic E-state index is 8.57. The van der Waals surface area contributed by atoms with Gasteiger partial charge in [-0.3, -0.25) is 0 Å². The van der Waals surface area contributed by atoms with Gasteiger partial charge in [-0.05, 0) is 12.8 Å². The first-order valence-electron chi connectivity index (χ1n) is 6.78. The summed E-state index contributed by atoms with van der Waals surface area (Å²) in [7, 11) is 1.85. The van der Waals surface area contributed by atoms with Crippen LogP contribution in [0.15, 0.2) is 6.07 Å². The molecule has 0 aliphatic rings. The van der Waals surface area contributed by atoms with Crippen LogP contribution < -0.4 is 10.6 Å². The maximum atomic E-state index is 8.57. The summed E-state index contributed by atoms with van der Waals surface area (Å²) >= 11 is 0. The van der Waals surface area contributed by atoms with Gasteiger partial charge in [0.2, 0.25) is 0 Å². The van der Waals surface area contributed by atoms with Crippen molar-refractivity contribution in [2.45, 2.75) is 26.2 Å². The van der Waals surface area contributed by atoms with Gasteiger partial charge >= 0.3 is 0 Å². The van der Waals surface area contributed by atoms with Crippen LogP contribution in [0.25, 0.3) is 0 Å². The highest BCUT2D eigenvalue weighted by Gasteiger charge is 2.02. The molecular weight excluding hydrogens is 244 g/mol. The zero-order valence-corrected chi connectivity index (χ0v) is 11.8. The molecular formula is C13H24N4O2. The van der Waals surface area contributed by atoms with Crippen LogP contribution in [0.5, 0.6) is 0 Å². The van der Waals surface area contributed by atoms with Gasteiger partial charge in [0.05, 0.1) is 13.2 Å². The van der Waals surface area contributed by atoms with Crippen LogP contribution in [0, 0.1) is 0 Å². The Morgan fingerprint density at radius 1 is 1.26 bits per heavy atom. The summed E-state index contributed by atoms with van der Waals surface area (Å²) in [5.41, 5.74) is 0. The van der Waals surface area contributed by atoms with E-state index in [1.165, 1.54) is 0 Å². The van der Waals surface area contributed by atoms with Crippen molar-refractivity contribution in [1.82, 2.24) is 9.97 Å². The molecule has 1 aromatic heterocycles. The largest absolute Gasteiger partial charge is 0.394 e. The van der Waals surface area contributed by atoms with E-state index >= 15 is 0 Å². The average Bonchev–Trinajstić information content (AvgIpc) is 2.43. The molecule has 0 radical (unpaired) electrons. The highest BCUT2D eigenvalue weighted by Crippen LogP contribution is 2.11. The predicted octanol–water partition coefficient (Wildman–Crippen LogP) is 1.28. The lowest BCUT2D eigenvalue weighted by Crippen LogP contribution is -2.10. The lowest BCUT2D eigenvalue weighted by molar-refractivity contribution is 0.0922. The SMILES string of the molecule is CCCc1nc(NC)cc(NCCCOCCO)n1. The fraction of sp³-hybridized carbons (Fsp3) is 0.692. The fourth-order valence-electron chi connectivity index (χ4n) is 1.61.